The van der Waals surface area contributed by atoms with Crippen LogP contribution < -0.4 is 5.43 Å². The Balaban J connectivity index is 1.87. The maximum atomic E-state index is 11.5. The van der Waals surface area contributed by atoms with E-state index in [1.54, 1.807) is 18.2 Å². The topological polar surface area (TPSA) is 118 Å². The zero-order valence-corrected chi connectivity index (χ0v) is 15.7. The number of thiazole rings is 1. The minimum absolute atomic E-state index is 0.171. The van der Waals surface area contributed by atoms with Gasteiger partial charge < -0.3 is 5.11 Å². The third-order valence-corrected chi connectivity index (χ3v) is 5.16. The molecule has 0 spiro atoms. The summed E-state index contributed by atoms with van der Waals surface area (Å²) >= 11 is 13.1. The van der Waals surface area contributed by atoms with Crippen molar-refractivity contribution in [2.75, 3.05) is 5.43 Å². The molecule has 3 aromatic rings. The summed E-state index contributed by atoms with van der Waals surface area (Å²) in [6.07, 6.45) is -0.220. The first-order valence-electron chi connectivity index (χ1n) is 7.39. The molecule has 0 radical (unpaired) electrons. The molecule has 0 aliphatic heterocycles. The summed E-state index contributed by atoms with van der Waals surface area (Å²) < 4.78 is 0.748. The maximum absolute atomic E-state index is 11.5. The first-order chi connectivity index (χ1) is 12.8. The van der Waals surface area contributed by atoms with Crippen LogP contribution in [0.5, 0.6) is 0 Å². The number of hydrogen-bond donors (Lipinski definition) is 2. The Hall–Kier alpha value is -2.75. The van der Waals surface area contributed by atoms with Gasteiger partial charge in [-0.05, 0) is 12.1 Å². The minimum Gasteiger partial charge on any atom is -0.477 e. The lowest BCUT2D eigenvalue weighted by molar-refractivity contribution is -0.385. The Morgan fingerprint density at radius 3 is 2.70 bits per heavy atom. The molecule has 11 heteroatoms. The second kappa shape index (κ2) is 7.87. The average molecular weight is 425 g/mol. The molecule has 1 heterocycles. The molecule has 8 nitrogen and oxygen atoms in total. The Labute approximate surface area is 166 Å². The summed E-state index contributed by atoms with van der Waals surface area (Å²) in [4.78, 5) is 26.2. The van der Waals surface area contributed by atoms with Gasteiger partial charge in [0, 0.05) is 18.1 Å². The number of nitrogens with one attached hydrogen (secondary N) is 1. The molecule has 0 saturated carbocycles. The van der Waals surface area contributed by atoms with Gasteiger partial charge in [0.1, 0.15) is 5.71 Å². The van der Waals surface area contributed by atoms with Crippen molar-refractivity contribution >= 4 is 67.3 Å². The Morgan fingerprint density at radius 2 is 2.00 bits per heavy atom. The highest BCUT2D eigenvalue weighted by Crippen LogP contribution is 2.33. The molecule has 27 heavy (non-hydrogen) atoms. The highest BCUT2D eigenvalue weighted by atomic mass is 35.5. The van der Waals surface area contributed by atoms with Crippen LogP contribution in [0.3, 0.4) is 0 Å². The molecule has 0 unspecified atom stereocenters. The normalized spacial score (nSPS) is 11.6. The lowest BCUT2D eigenvalue weighted by atomic mass is 10.1. The van der Waals surface area contributed by atoms with Gasteiger partial charge in [0.2, 0.25) is 5.13 Å². The fourth-order valence-corrected chi connectivity index (χ4v) is 3.48. The van der Waals surface area contributed by atoms with Crippen molar-refractivity contribution in [1.29, 1.82) is 0 Å². The van der Waals surface area contributed by atoms with Crippen LogP contribution in [0.4, 0.5) is 10.8 Å². The highest BCUT2D eigenvalue weighted by Gasteiger charge is 2.18. The number of anilines is 1. The number of halogens is 2. The van der Waals surface area contributed by atoms with Gasteiger partial charge >= 0.3 is 5.97 Å². The summed E-state index contributed by atoms with van der Waals surface area (Å²) in [5.41, 5.74) is 2.95. The molecule has 0 amide bonds. The number of nitro groups is 1. The van der Waals surface area contributed by atoms with Gasteiger partial charge in [-0.3, -0.25) is 15.5 Å². The van der Waals surface area contributed by atoms with Crippen LogP contribution in [-0.2, 0) is 11.2 Å². The van der Waals surface area contributed by atoms with E-state index in [2.05, 4.69) is 15.5 Å². The predicted molar refractivity (Wildman–Crippen MR) is 105 cm³/mol. The predicted octanol–water partition coefficient (Wildman–Crippen LogP) is 4.61. The van der Waals surface area contributed by atoms with Crippen molar-refractivity contribution in [2.45, 2.75) is 6.42 Å². The van der Waals surface area contributed by atoms with Gasteiger partial charge in [0.05, 0.1) is 25.2 Å². The molecule has 0 aliphatic carbocycles. The van der Waals surface area contributed by atoms with Crippen molar-refractivity contribution in [1.82, 2.24) is 4.98 Å². The molecule has 2 aromatic carbocycles. The molecule has 0 fully saturated rings. The standard InChI is InChI=1S/C16H10Cl2N4O4S/c17-9-6-11-14(7-10(9)18)27-16(19-11)21-20-12(15(23)24)5-8-3-1-2-4-13(8)22(25)26/h1-4,6-7H,5H2,(H,19,21)(H,23,24)/b20-12+. The lowest BCUT2D eigenvalue weighted by Gasteiger charge is -2.03. The number of aromatic nitrogens is 1. The molecule has 2 N–H and O–H groups in total. The number of rotatable bonds is 6. The Kier molecular flexibility index (Phi) is 5.54. The van der Waals surface area contributed by atoms with Crippen LogP contribution >= 0.6 is 34.5 Å². The summed E-state index contributed by atoms with van der Waals surface area (Å²) in [5, 5.41) is 25.4. The second-order valence-electron chi connectivity index (χ2n) is 5.29. The van der Waals surface area contributed by atoms with Gasteiger partial charge in [-0.1, -0.05) is 52.7 Å². The monoisotopic (exact) mass is 424 g/mol. The number of nitro benzene ring substituents is 1. The molecule has 1 aromatic heterocycles. The fraction of sp³-hybridized carbons (Fsp3) is 0.0625. The summed E-state index contributed by atoms with van der Waals surface area (Å²) in [5.74, 6) is -1.30. The van der Waals surface area contributed by atoms with Gasteiger partial charge in [0.25, 0.3) is 5.69 Å². The van der Waals surface area contributed by atoms with Crippen LogP contribution in [-0.4, -0.2) is 26.7 Å². The number of carbonyl (C=O) groups is 1. The summed E-state index contributed by atoms with van der Waals surface area (Å²) in [6.45, 7) is 0. The number of para-hydroxylation sites is 1. The Bertz CT molecular complexity index is 1040. The molecular weight excluding hydrogens is 415 g/mol. The zero-order chi connectivity index (χ0) is 19.6. The quantitative estimate of drug-likeness (QED) is 0.338. The molecule has 0 aliphatic rings. The van der Waals surface area contributed by atoms with E-state index in [1.165, 1.54) is 29.5 Å². The van der Waals surface area contributed by atoms with Crippen LogP contribution in [0, 0.1) is 10.1 Å². The number of hydrogen-bond acceptors (Lipinski definition) is 7. The summed E-state index contributed by atoms with van der Waals surface area (Å²) in [6, 6.07) is 9.14. The second-order valence-corrected chi connectivity index (χ2v) is 7.14. The zero-order valence-electron chi connectivity index (χ0n) is 13.3. The average Bonchev–Trinajstić information content (AvgIpc) is 3.00. The van der Waals surface area contributed by atoms with Crippen LogP contribution in [0.1, 0.15) is 5.56 Å². The van der Waals surface area contributed by atoms with Crippen LogP contribution in [0.25, 0.3) is 10.2 Å². The molecule has 0 atom stereocenters. The smallest absolute Gasteiger partial charge is 0.352 e. The van der Waals surface area contributed by atoms with E-state index in [-0.39, 0.29) is 23.4 Å². The van der Waals surface area contributed by atoms with Crippen molar-refractivity contribution in [3.63, 3.8) is 0 Å². The third-order valence-electron chi connectivity index (χ3n) is 3.51. The number of hydrazone groups is 1. The lowest BCUT2D eigenvalue weighted by Crippen LogP contribution is -2.18. The maximum Gasteiger partial charge on any atom is 0.352 e. The number of aliphatic carboxylic acids is 1. The van der Waals surface area contributed by atoms with Gasteiger partial charge in [0.15, 0.2) is 0 Å². The van der Waals surface area contributed by atoms with E-state index in [1.807, 2.05) is 0 Å². The number of fused-ring (bicyclic) bond motifs is 1. The SMILES string of the molecule is O=C(O)/C(Cc1ccccc1[N+](=O)[O-])=N/Nc1nc2cc(Cl)c(Cl)cc2s1. The van der Waals surface area contributed by atoms with E-state index < -0.39 is 10.9 Å². The fourth-order valence-electron chi connectivity index (χ4n) is 2.27. The van der Waals surface area contributed by atoms with E-state index in [4.69, 9.17) is 23.2 Å². The van der Waals surface area contributed by atoms with Gasteiger partial charge in [-0.2, -0.15) is 5.10 Å². The van der Waals surface area contributed by atoms with Crippen LogP contribution in [0.2, 0.25) is 10.0 Å². The molecule has 0 bridgehead atoms. The highest BCUT2D eigenvalue weighted by molar-refractivity contribution is 7.22. The largest absolute Gasteiger partial charge is 0.477 e. The van der Waals surface area contributed by atoms with Gasteiger partial charge in [-0.15, -0.1) is 0 Å². The van der Waals surface area contributed by atoms with Crippen molar-refractivity contribution < 1.29 is 14.8 Å². The molecule has 0 saturated heterocycles. The van der Waals surface area contributed by atoms with E-state index in [0.29, 0.717) is 20.7 Å². The number of carboxylic acids is 1. The minimum atomic E-state index is -1.30. The van der Waals surface area contributed by atoms with E-state index in [9.17, 15) is 20.0 Å². The third kappa shape index (κ3) is 4.33. The van der Waals surface area contributed by atoms with E-state index >= 15 is 0 Å². The van der Waals surface area contributed by atoms with Gasteiger partial charge in [-0.25, -0.2) is 9.78 Å². The number of nitrogens with zero attached hydrogens (tertiary/aromatic N) is 3. The van der Waals surface area contributed by atoms with Crippen LogP contribution in [0.15, 0.2) is 41.5 Å². The molecular formula is C16H10Cl2N4O4S. The van der Waals surface area contributed by atoms with Crippen molar-refractivity contribution in [3.8, 4) is 0 Å². The Morgan fingerprint density at radius 1 is 1.30 bits per heavy atom. The molecule has 138 valence electrons. The first kappa shape index (κ1) is 19.0. The van der Waals surface area contributed by atoms with E-state index in [0.717, 1.165) is 4.70 Å². The molecule has 3 rings (SSSR count). The number of carboxylic acid groups (broad SMARTS) is 1. The summed E-state index contributed by atoms with van der Waals surface area (Å²) in [7, 11) is 0. The number of benzene rings is 2. The van der Waals surface area contributed by atoms with Crippen molar-refractivity contribution in [2.24, 2.45) is 5.10 Å². The van der Waals surface area contributed by atoms with Crippen molar-refractivity contribution in [3.05, 3.63) is 62.1 Å². The first-order valence-corrected chi connectivity index (χ1v) is 8.96.